The lowest BCUT2D eigenvalue weighted by Gasteiger charge is -2.33. The third-order valence-electron chi connectivity index (χ3n) is 3.10. The van der Waals surface area contributed by atoms with Gasteiger partial charge in [-0.15, -0.1) is 0 Å². The molecule has 1 fully saturated rings. The second-order valence-electron chi connectivity index (χ2n) is 4.01. The Morgan fingerprint density at radius 1 is 1.27 bits per heavy atom. The van der Waals surface area contributed by atoms with Crippen molar-refractivity contribution in [2.75, 3.05) is 0 Å². The van der Waals surface area contributed by atoms with Crippen LogP contribution < -0.4 is 11.3 Å². The molecular weight excluding hydrogens is 198 g/mol. The zero-order valence-electron chi connectivity index (χ0n) is 8.34. The molecule has 4 heteroatoms. The van der Waals surface area contributed by atoms with E-state index in [2.05, 4.69) is 5.43 Å². The lowest BCUT2D eigenvalue weighted by Crippen LogP contribution is -2.36. The first kappa shape index (κ1) is 10.5. The van der Waals surface area contributed by atoms with Crippen LogP contribution in [0.3, 0.4) is 0 Å². The Bertz CT molecular complexity index is 350. The minimum atomic E-state index is -0.817. The highest BCUT2D eigenvalue weighted by molar-refractivity contribution is 5.22. The van der Waals surface area contributed by atoms with Gasteiger partial charge in [0.15, 0.2) is 11.6 Å². The van der Waals surface area contributed by atoms with Crippen molar-refractivity contribution in [1.82, 2.24) is 5.43 Å². The van der Waals surface area contributed by atoms with Crippen LogP contribution >= 0.6 is 0 Å². The molecular formula is C11H14F2N2. The van der Waals surface area contributed by atoms with Crippen LogP contribution in [0.5, 0.6) is 0 Å². The molecule has 0 heterocycles. The summed E-state index contributed by atoms with van der Waals surface area (Å²) >= 11 is 0. The van der Waals surface area contributed by atoms with Gasteiger partial charge in [0.25, 0.3) is 0 Å². The number of rotatable bonds is 3. The summed E-state index contributed by atoms with van der Waals surface area (Å²) < 4.78 is 25.8. The van der Waals surface area contributed by atoms with Crippen LogP contribution in [0, 0.1) is 17.6 Å². The Balaban J connectivity index is 2.21. The zero-order chi connectivity index (χ0) is 10.8. The van der Waals surface area contributed by atoms with Crippen LogP contribution in [-0.2, 0) is 0 Å². The summed E-state index contributed by atoms with van der Waals surface area (Å²) in [6.45, 7) is 0. The van der Waals surface area contributed by atoms with Crippen LogP contribution in [-0.4, -0.2) is 0 Å². The molecule has 15 heavy (non-hydrogen) atoms. The molecule has 2 nitrogen and oxygen atoms in total. The summed E-state index contributed by atoms with van der Waals surface area (Å²) in [6.07, 6.45) is 3.37. The van der Waals surface area contributed by atoms with Crippen LogP contribution in [0.25, 0.3) is 0 Å². The van der Waals surface area contributed by atoms with Crippen LogP contribution in [0.1, 0.15) is 30.9 Å². The van der Waals surface area contributed by atoms with Gasteiger partial charge >= 0.3 is 0 Å². The average Bonchev–Trinajstić information content (AvgIpc) is 2.16. The van der Waals surface area contributed by atoms with E-state index in [0.29, 0.717) is 5.92 Å². The first-order valence-electron chi connectivity index (χ1n) is 5.13. The fourth-order valence-electron chi connectivity index (χ4n) is 1.98. The smallest absolute Gasteiger partial charge is 0.159 e. The van der Waals surface area contributed by atoms with E-state index in [4.69, 9.17) is 5.84 Å². The summed E-state index contributed by atoms with van der Waals surface area (Å²) in [6, 6.07) is 3.89. The number of nitrogens with two attached hydrogens (primary N) is 1. The predicted octanol–water partition coefficient (Wildman–Crippen LogP) is 2.27. The molecule has 82 valence electrons. The Kier molecular flexibility index (Phi) is 2.98. The molecule has 1 aliphatic rings. The monoisotopic (exact) mass is 212 g/mol. The Morgan fingerprint density at radius 2 is 2.00 bits per heavy atom. The lowest BCUT2D eigenvalue weighted by molar-refractivity contribution is 0.231. The Morgan fingerprint density at radius 3 is 2.47 bits per heavy atom. The number of hydrogen-bond acceptors (Lipinski definition) is 2. The number of hydrazine groups is 1. The van der Waals surface area contributed by atoms with Crippen molar-refractivity contribution in [2.45, 2.75) is 25.3 Å². The van der Waals surface area contributed by atoms with Gasteiger partial charge in [0.1, 0.15) is 0 Å². The molecule has 0 aliphatic heterocycles. The van der Waals surface area contributed by atoms with E-state index in [9.17, 15) is 8.78 Å². The van der Waals surface area contributed by atoms with Gasteiger partial charge in [-0.05, 0) is 36.5 Å². The van der Waals surface area contributed by atoms with Gasteiger partial charge in [-0.2, -0.15) is 0 Å². The number of nitrogens with one attached hydrogen (secondary N) is 1. The van der Waals surface area contributed by atoms with E-state index in [0.717, 1.165) is 24.5 Å². The lowest BCUT2D eigenvalue weighted by atomic mass is 9.77. The highest BCUT2D eigenvalue weighted by atomic mass is 19.2. The first-order chi connectivity index (χ1) is 7.22. The molecule has 0 saturated heterocycles. The van der Waals surface area contributed by atoms with Crippen molar-refractivity contribution in [3.8, 4) is 0 Å². The third-order valence-corrected chi connectivity index (χ3v) is 3.10. The van der Waals surface area contributed by atoms with Crippen molar-refractivity contribution in [3.05, 3.63) is 35.4 Å². The standard InChI is InChI=1S/C11H14F2N2/c12-9-5-4-8(6-10(9)13)11(15-14)7-2-1-3-7/h4-7,11,15H,1-3,14H2. The summed E-state index contributed by atoms with van der Waals surface area (Å²) in [5.74, 6) is 4.25. The molecule has 0 aromatic heterocycles. The summed E-state index contributed by atoms with van der Waals surface area (Å²) in [5, 5.41) is 0. The molecule has 0 amide bonds. The molecule has 0 radical (unpaired) electrons. The largest absolute Gasteiger partial charge is 0.271 e. The molecule has 0 bridgehead atoms. The van der Waals surface area contributed by atoms with Gasteiger partial charge < -0.3 is 0 Å². The SMILES string of the molecule is NNC(c1ccc(F)c(F)c1)C1CCC1. The van der Waals surface area contributed by atoms with Crippen LogP contribution in [0.2, 0.25) is 0 Å². The average molecular weight is 212 g/mol. The van der Waals surface area contributed by atoms with E-state index in [-0.39, 0.29) is 6.04 Å². The number of benzene rings is 1. The second-order valence-corrected chi connectivity index (χ2v) is 4.01. The first-order valence-corrected chi connectivity index (χ1v) is 5.13. The minimum Gasteiger partial charge on any atom is -0.271 e. The van der Waals surface area contributed by atoms with Gasteiger partial charge in [0.05, 0.1) is 0 Å². The fraction of sp³-hybridized carbons (Fsp3) is 0.455. The second kappa shape index (κ2) is 4.24. The molecule has 1 saturated carbocycles. The van der Waals surface area contributed by atoms with Gasteiger partial charge in [-0.1, -0.05) is 12.5 Å². The predicted molar refractivity (Wildman–Crippen MR) is 53.8 cm³/mol. The van der Waals surface area contributed by atoms with E-state index in [1.54, 1.807) is 6.07 Å². The van der Waals surface area contributed by atoms with Crippen molar-refractivity contribution < 1.29 is 8.78 Å². The van der Waals surface area contributed by atoms with Gasteiger partial charge in [0.2, 0.25) is 0 Å². The minimum absolute atomic E-state index is 0.0613. The highest BCUT2D eigenvalue weighted by Crippen LogP contribution is 2.37. The molecule has 1 aliphatic carbocycles. The Hall–Kier alpha value is -1.00. The maximum atomic E-state index is 13.0. The summed E-state index contributed by atoms with van der Waals surface area (Å²) in [5.41, 5.74) is 3.40. The molecule has 0 spiro atoms. The van der Waals surface area contributed by atoms with E-state index >= 15 is 0 Å². The quantitative estimate of drug-likeness (QED) is 0.595. The summed E-state index contributed by atoms with van der Waals surface area (Å²) in [4.78, 5) is 0. The third kappa shape index (κ3) is 2.01. The molecule has 1 unspecified atom stereocenters. The van der Waals surface area contributed by atoms with E-state index in [1.165, 1.54) is 12.5 Å². The topological polar surface area (TPSA) is 38.0 Å². The zero-order valence-corrected chi connectivity index (χ0v) is 8.34. The van der Waals surface area contributed by atoms with Gasteiger partial charge in [-0.3, -0.25) is 11.3 Å². The molecule has 1 atom stereocenters. The number of hydrogen-bond donors (Lipinski definition) is 2. The molecule has 1 aromatic carbocycles. The van der Waals surface area contributed by atoms with Gasteiger partial charge in [-0.25, -0.2) is 8.78 Å². The maximum absolute atomic E-state index is 13.0. The number of halogens is 2. The van der Waals surface area contributed by atoms with E-state index < -0.39 is 11.6 Å². The maximum Gasteiger partial charge on any atom is 0.159 e. The van der Waals surface area contributed by atoms with Crippen molar-refractivity contribution >= 4 is 0 Å². The van der Waals surface area contributed by atoms with Crippen molar-refractivity contribution in [1.29, 1.82) is 0 Å². The van der Waals surface area contributed by atoms with E-state index in [1.807, 2.05) is 0 Å². The van der Waals surface area contributed by atoms with Crippen molar-refractivity contribution in [3.63, 3.8) is 0 Å². The van der Waals surface area contributed by atoms with Crippen molar-refractivity contribution in [2.24, 2.45) is 11.8 Å². The normalized spacial score (nSPS) is 18.6. The molecule has 1 aromatic rings. The molecule has 2 rings (SSSR count). The van der Waals surface area contributed by atoms with Crippen LogP contribution in [0.4, 0.5) is 8.78 Å². The fourth-order valence-corrected chi connectivity index (χ4v) is 1.98. The molecule has 3 N–H and O–H groups in total. The highest BCUT2D eigenvalue weighted by Gasteiger charge is 2.28. The van der Waals surface area contributed by atoms with Gasteiger partial charge in [0, 0.05) is 6.04 Å². The Labute approximate surface area is 87.4 Å². The summed E-state index contributed by atoms with van der Waals surface area (Å²) in [7, 11) is 0. The van der Waals surface area contributed by atoms with Crippen LogP contribution in [0.15, 0.2) is 18.2 Å².